The van der Waals surface area contributed by atoms with Crippen LogP contribution in [0.4, 0.5) is 5.69 Å². The molecule has 0 aliphatic heterocycles. The fourth-order valence-electron chi connectivity index (χ4n) is 3.05. The third-order valence-corrected chi connectivity index (χ3v) is 6.75. The Morgan fingerprint density at radius 3 is 2.27 bits per heavy atom. The summed E-state index contributed by atoms with van der Waals surface area (Å²) in [5.74, 6) is 0.290. The Hall–Kier alpha value is -3.03. The Balaban J connectivity index is 1.59. The van der Waals surface area contributed by atoms with Crippen molar-refractivity contribution >= 4 is 33.2 Å². The van der Waals surface area contributed by atoms with Crippen molar-refractivity contribution in [2.24, 2.45) is 0 Å². The molecule has 2 N–H and O–H groups in total. The minimum Gasteiger partial charge on any atom is -0.492 e. The van der Waals surface area contributed by atoms with Crippen LogP contribution in [0.5, 0.6) is 5.75 Å². The highest BCUT2D eigenvalue weighted by atomic mass is 35.5. The van der Waals surface area contributed by atoms with E-state index in [4.69, 9.17) is 16.3 Å². The summed E-state index contributed by atoms with van der Waals surface area (Å²) in [6.45, 7) is 6.96. The van der Waals surface area contributed by atoms with Crippen LogP contribution in [0, 0.1) is 0 Å². The molecule has 0 aromatic heterocycles. The normalized spacial score (nSPS) is 11.6. The number of rotatable bonds is 8. The lowest BCUT2D eigenvalue weighted by Gasteiger charge is -2.19. The largest absolute Gasteiger partial charge is 0.492 e. The van der Waals surface area contributed by atoms with E-state index in [1.807, 2.05) is 24.3 Å². The molecule has 0 aliphatic rings. The number of sulfonamides is 1. The Kier molecular flexibility index (Phi) is 7.66. The van der Waals surface area contributed by atoms with Gasteiger partial charge in [0.05, 0.1) is 11.6 Å². The van der Waals surface area contributed by atoms with Crippen LogP contribution in [0.25, 0.3) is 0 Å². The fourth-order valence-corrected chi connectivity index (χ4v) is 4.64. The lowest BCUT2D eigenvalue weighted by atomic mass is 9.87. The molecule has 0 atom stereocenters. The maximum Gasteiger partial charge on any atom is 0.263 e. The van der Waals surface area contributed by atoms with Crippen molar-refractivity contribution in [1.82, 2.24) is 5.32 Å². The molecular weight excluding hydrogens is 460 g/mol. The number of ether oxygens (including phenoxy) is 1. The van der Waals surface area contributed by atoms with E-state index >= 15 is 0 Å². The van der Waals surface area contributed by atoms with E-state index < -0.39 is 15.9 Å². The molecule has 8 heteroatoms. The molecule has 0 saturated heterocycles. The van der Waals surface area contributed by atoms with Crippen LogP contribution in [0.2, 0.25) is 5.02 Å². The number of hydrogen-bond donors (Lipinski definition) is 2. The van der Waals surface area contributed by atoms with Crippen LogP contribution in [-0.4, -0.2) is 27.5 Å². The summed E-state index contributed by atoms with van der Waals surface area (Å²) in [5.41, 5.74) is 1.85. The van der Waals surface area contributed by atoms with Gasteiger partial charge in [0.2, 0.25) is 0 Å². The van der Waals surface area contributed by atoms with Gasteiger partial charge < -0.3 is 10.1 Å². The first-order chi connectivity index (χ1) is 15.6. The molecule has 3 rings (SSSR count). The Morgan fingerprint density at radius 2 is 1.64 bits per heavy atom. The van der Waals surface area contributed by atoms with E-state index in [1.165, 1.54) is 23.8 Å². The summed E-state index contributed by atoms with van der Waals surface area (Å²) in [7, 11) is -3.96. The second-order valence-corrected chi connectivity index (χ2v) is 10.6. The molecule has 174 valence electrons. The molecule has 0 bridgehead atoms. The highest BCUT2D eigenvalue weighted by Gasteiger charge is 2.20. The van der Waals surface area contributed by atoms with Crippen LogP contribution < -0.4 is 14.8 Å². The van der Waals surface area contributed by atoms with E-state index in [1.54, 1.807) is 30.3 Å². The molecule has 0 radical (unpaired) electrons. The summed E-state index contributed by atoms with van der Waals surface area (Å²) < 4.78 is 33.6. The highest BCUT2D eigenvalue weighted by Crippen LogP contribution is 2.26. The van der Waals surface area contributed by atoms with Gasteiger partial charge in [0.15, 0.2) is 0 Å². The van der Waals surface area contributed by atoms with Crippen LogP contribution in [0.1, 0.15) is 36.7 Å². The molecule has 0 aliphatic carbocycles. The van der Waals surface area contributed by atoms with Gasteiger partial charge in [0.25, 0.3) is 15.9 Å². The van der Waals surface area contributed by atoms with E-state index in [0.717, 1.165) is 0 Å². The molecule has 0 spiro atoms. The van der Waals surface area contributed by atoms with Crippen molar-refractivity contribution in [2.75, 3.05) is 17.9 Å². The first-order valence-corrected chi connectivity index (χ1v) is 12.3. The SMILES string of the molecule is CC(C)(C)c1ccc(OCCNC(=O)c2ccc(Cl)c(S(=O)(=O)Nc3ccccc3)c2)cc1. The quantitative estimate of drug-likeness (QED) is 0.426. The Bertz CT molecular complexity index is 1210. The number of halogens is 1. The summed E-state index contributed by atoms with van der Waals surface area (Å²) in [5, 5.41) is 2.76. The molecule has 6 nitrogen and oxygen atoms in total. The molecule has 1 amide bonds. The number of benzene rings is 3. The summed E-state index contributed by atoms with van der Waals surface area (Å²) in [6, 6.07) is 20.4. The topological polar surface area (TPSA) is 84.5 Å². The average molecular weight is 487 g/mol. The molecule has 0 saturated carbocycles. The van der Waals surface area contributed by atoms with Crippen LogP contribution >= 0.6 is 11.6 Å². The standard InChI is InChI=1S/C25H27ClN2O4S/c1-25(2,3)19-10-12-21(13-11-19)32-16-15-27-24(29)18-9-14-22(26)23(17-18)33(30,31)28-20-7-5-4-6-8-20/h4-14,17,28H,15-16H2,1-3H3,(H,27,29). The number of anilines is 1. The predicted octanol–water partition coefficient (Wildman–Crippen LogP) is 5.25. The molecule has 33 heavy (non-hydrogen) atoms. The van der Waals surface area contributed by atoms with Crippen LogP contribution in [-0.2, 0) is 15.4 Å². The predicted molar refractivity (Wildman–Crippen MR) is 132 cm³/mol. The van der Waals surface area contributed by atoms with Gasteiger partial charge in [-0.15, -0.1) is 0 Å². The maximum atomic E-state index is 12.8. The molecule has 0 heterocycles. The summed E-state index contributed by atoms with van der Waals surface area (Å²) >= 11 is 6.11. The van der Waals surface area contributed by atoms with Crippen molar-refractivity contribution in [3.8, 4) is 5.75 Å². The monoisotopic (exact) mass is 486 g/mol. The zero-order valence-electron chi connectivity index (χ0n) is 18.8. The fraction of sp³-hybridized carbons (Fsp3) is 0.240. The number of amides is 1. The Labute approximate surface area is 200 Å². The van der Waals surface area contributed by atoms with Crippen molar-refractivity contribution in [3.63, 3.8) is 0 Å². The van der Waals surface area contributed by atoms with Crippen LogP contribution in [0.3, 0.4) is 0 Å². The molecule has 0 fully saturated rings. The van der Waals surface area contributed by atoms with Crippen molar-refractivity contribution in [2.45, 2.75) is 31.1 Å². The van der Waals surface area contributed by atoms with Gasteiger partial charge in [-0.25, -0.2) is 8.42 Å². The maximum absolute atomic E-state index is 12.8. The van der Waals surface area contributed by atoms with Gasteiger partial charge in [-0.2, -0.15) is 0 Å². The third-order valence-electron chi connectivity index (χ3n) is 4.89. The minimum atomic E-state index is -3.96. The first kappa shape index (κ1) is 24.6. The highest BCUT2D eigenvalue weighted by molar-refractivity contribution is 7.92. The second kappa shape index (κ2) is 10.3. The van der Waals surface area contributed by atoms with Gasteiger partial charge in [0.1, 0.15) is 17.3 Å². The molecular formula is C25H27ClN2O4S. The lowest BCUT2D eigenvalue weighted by Crippen LogP contribution is -2.28. The zero-order chi connectivity index (χ0) is 24.1. The molecule has 3 aromatic carbocycles. The van der Waals surface area contributed by atoms with Gasteiger partial charge in [-0.1, -0.05) is 62.7 Å². The second-order valence-electron chi connectivity index (χ2n) is 8.50. The van der Waals surface area contributed by atoms with Gasteiger partial charge >= 0.3 is 0 Å². The minimum absolute atomic E-state index is 0.0250. The number of hydrogen-bond acceptors (Lipinski definition) is 4. The Morgan fingerprint density at radius 1 is 0.970 bits per heavy atom. The van der Waals surface area contributed by atoms with Crippen LogP contribution in [0.15, 0.2) is 77.7 Å². The van der Waals surface area contributed by atoms with Gasteiger partial charge in [-0.05, 0) is 53.4 Å². The van der Waals surface area contributed by atoms with Crippen molar-refractivity contribution < 1.29 is 17.9 Å². The zero-order valence-corrected chi connectivity index (χ0v) is 20.3. The number of carbonyl (C=O) groups is 1. The van der Waals surface area contributed by atoms with Gasteiger partial charge in [0, 0.05) is 11.3 Å². The van der Waals surface area contributed by atoms with Crippen molar-refractivity contribution in [1.29, 1.82) is 0 Å². The van der Waals surface area contributed by atoms with E-state index in [-0.39, 0.29) is 34.0 Å². The third kappa shape index (κ3) is 6.73. The number of nitrogens with one attached hydrogen (secondary N) is 2. The van der Waals surface area contributed by atoms with Crippen molar-refractivity contribution in [3.05, 3.63) is 88.9 Å². The van der Waals surface area contributed by atoms with E-state index in [9.17, 15) is 13.2 Å². The molecule has 0 unspecified atom stereocenters. The van der Waals surface area contributed by atoms with E-state index in [2.05, 4.69) is 30.8 Å². The van der Waals surface area contributed by atoms with E-state index in [0.29, 0.717) is 11.4 Å². The number of para-hydroxylation sites is 1. The smallest absolute Gasteiger partial charge is 0.263 e. The summed E-state index contributed by atoms with van der Waals surface area (Å²) in [6.07, 6.45) is 0. The average Bonchev–Trinajstić information content (AvgIpc) is 2.77. The molecule has 3 aromatic rings. The van der Waals surface area contributed by atoms with Gasteiger partial charge in [-0.3, -0.25) is 9.52 Å². The summed E-state index contributed by atoms with van der Waals surface area (Å²) in [4.78, 5) is 12.4. The number of carbonyl (C=O) groups excluding carboxylic acids is 1. The first-order valence-electron chi connectivity index (χ1n) is 10.5. The lowest BCUT2D eigenvalue weighted by molar-refractivity contribution is 0.0947.